The quantitative estimate of drug-likeness (QED) is 0.866. The van der Waals surface area contributed by atoms with Gasteiger partial charge in [0.05, 0.1) is 0 Å². The van der Waals surface area contributed by atoms with Crippen LogP contribution in [0.15, 0.2) is 24.3 Å². The van der Waals surface area contributed by atoms with Crippen LogP contribution in [0.2, 0.25) is 0 Å². The minimum absolute atomic E-state index is 0.400. The molecule has 2 nitrogen and oxygen atoms in total. The topological polar surface area (TPSA) is 23.5 Å². The highest BCUT2D eigenvalue weighted by molar-refractivity contribution is 5.30. The lowest BCUT2D eigenvalue weighted by atomic mass is 9.75. The maximum Gasteiger partial charge on any atom is 0.115 e. The number of benzene rings is 1. The SMILES string of the molecule is CN(C)CC1CCCC[C@H]1c1cccc(O)c1. The Hall–Kier alpha value is -1.02. The summed E-state index contributed by atoms with van der Waals surface area (Å²) in [6.45, 7) is 1.15. The highest BCUT2D eigenvalue weighted by Gasteiger charge is 2.26. The Bertz CT molecular complexity index is 362. The largest absolute Gasteiger partial charge is 0.508 e. The molecule has 94 valence electrons. The predicted molar refractivity (Wildman–Crippen MR) is 71.4 cm³/mol. The van der Waals surface area contributed by atoms with Crippen molar-refractivity contribution in [1.82, 2.24) is 4.90 Å². The normalized spacial score (nSPS) is 25.1. The van der Waals surface area contributed by atoms with Crippen molar-refractivity contribution in [3.05, 3.63) is 29.8 Å². The molecule has 0 spiro atoms. The van der Waals surface area contributed by atoms with Crippen molar-refractivity contribution in [1.29, 1.82) is 0 Å². The van der Waals surface area contributed by atoms with Gasteiger partial charge in [-0.1, -0.05) is 25.0 Å². The van der Waals surface area contributed by atoms with E-state index in [2.05, 4.69) is 25.1 Å². The van der Waals surface area contributed by atoms with E-state index in [-0.39, 0.29) is 0 Å². The highest BCUT2D eigenvalue weighted by atomic mass is 16.3. The average molecular weight is 233 g/mol. The Morgan fingerprint density at radius 3 is 2.71 bits per heavy atom. The third-order valence-electron chi connectivity index (χ3n) is 3.81. The van der Waals surface area contributed by atoms with Gasteiger partial charge in [-0.2, -0.15) is 0 Å². The molecule has 1 saturated carbocycles. The molecule has 0 aromatic heterocycles. The fraction of sp³-hybridized carbons (Fsp3) is 0.600. The first-order valence-corrected chi connectivity index (χ1v) is 6.60. The van der Waals surface area contributed by atoms with Crippen LogP contribution in [-0.4, -0.2) is 30.6 Å². The van der Waals surface area contributed by atoms with Crippen molar-refractivity contribution in [3.63, 3.8) is 0 Å². The van der Waals surface area contributed by atoms with Crippen molar-refractivity contribution in [2.45, 2.75) is 31.6 Å². The Morgan fingerprint density at radius 2 is 2.00 bits per heavy atom. The zero-order chi connectivity index (χ0) is 12.3. The molecule has 1 aliphatic rings. The van der Waals surface area contributed by atoms with Gasteiger partial charge in [0.15, 0.2) is 0 Å². The predicted octanol–water partition coefficient (Wildman–Crippen LogP) is 3.23. The second-order valence-corrected chi connectivity index (χ2v) is 5.51. The lowest BCUT2D eigenvalue weighted by molar-refractivity contribution is 0.233. The Morgan fingerprint density at radius 1 is 1.24 bits per heavy atom. The van der Waals surface area contributed by atoms with Crippen LogP contribution in [-0.2, 0) is 0 Å². The number of rotatable bonds is 3. The molecule has 1 unspecified atom stereocenters. The van der Waals surface area contributed by atoms with E-state index in [4.69, 9.17) is 0 Å². The second kappa shape index (κ2) is 5.54. The number of nitrogens with zero attached hydrogens (tertiary/aromatic N) is 1. The Labute approximate surface area is 104 Å². The number of phenolic OH excluding ortho intramolecular Hbond substituents is 1. The van der Waals surface area contributed by atoms with Crippen LogP contribution in [0.3, 0.4) is 0 Å². The van der Waals surface area contributed by atoms with Gasteiger partial charge < -0.3 is 10.0 Å². The molecule has 2 heteroatoms. The monoisotopic (exact) mass is 233 g/mol. The van der Waals surface area contributed by atoms with Crippen molar-refractivity contribution in [2.75, 3.05) is 20.6 Å². The van der Waals surface area contributed by atoms with Gasteiger partial charge in [0, 0.05) is 6.54 Å². The standard InChI is InChI=1S/C15H23NO/c1-16(2)11-13-6-3-4-9-15(13)12-7-5-8-14(17)10-12/h5,7-8,10,13,15,17H,3-4,6,9,11H2,1-2H3/t13?,15-/m0/s1. The summed E-state index contributed by atoms with van der Waals surface area (Å²) in [5.74, 6) is 1.76. The molecule has 1 fully saturated rings. The minimum atomic E-state index is 0.400. The molecule has 1 aromatic carbocycles. The third kappa shape index (κ3) is 3.22. The van der Waals surface area contributed by atoms with Gasteiger partial charge in [0.25, 0.3) is 0 Å². The van der Waals surface area contributed by atoms with Crippen LogP contribution < -0.4 is 0 Å². The fourth-order valence-electron chi connectivity index (χ4n) is 3.09. The van der Waals surface area contributed by atoms with Crippen LogP contribution in [0.1, 0.15) is 37.2 Å². The fourth-order valence-corrected chi connectivity index (χ4v) is 3.09. The first kappa shape index (κ1) is 12.4. The van der Waals surface area contributed by atoms with Crippen molar-refractivity contribution in [3.8, 4) is 5.75 Å². The van der Waals surface area contributed by atoms with E-state index in [9.17, 15) is 5.11 Å². The maximum absolute atomic E-state index is 9.60. The number of phenols is 1. The van der Waals surface area contributed by atoms with E-state index in [1.165, 1.54) is 31.2 Å². The molecule has 0 heterocycles. The molecule has 1 aromatic rings. The molecule has 0 amide bonds. The molecule has 1 N–H and O–H groups in total. The summed E-state index contributed by atoms with van der Waals surface area (Å²) in [4.78, 5) is 2.28. The minimum Gasteiger partial charge on any atom is -0.508 e. The summed E-state index contributed by atoms with van der Waals surface area (Å²) in [5, 5.41) is 9.60. The molecule has 0 radical (unpaired) electrons. The van der Waals surface area contributed by atoms with E-state index in [1.807, 2.05) is 12.1 Å². The molecule has 0 aliphatic heterocycles. The van der Waals surface area contributed by atoms with Gasteiger partial charge in [0.2, 0.25) is 0 Å². The summed E-state index contributed by atoms with van der Waals surface area (Å²) < 4.78 is 0. The first-order valence-electron chi connectivity index (χ1n) is 6.60. The summed E-state index contributed by atoms with van der Waals surface area (Å²) in [6, 6.07) is 7.83. The second-order valence-electron chi connectivity index (χ2n) is 5.51. The van der Waals surface area contributed by atoms with Gasteiger partial charge >= 0.3 is 0 Å². The molecule has 1 aliphatic carbocycles. The van der Waals surface area contributed by atoms with Crippen LogP contribution in [0.25, 0.3) is 0 Å². The lowest BCUT2D eigenvalue weighted by Crippen LogP contribution is -2.28. The summed E-state index contributed by atoms with van der Waals surface area (Å²) in [7, 11) is 4.29. The Balaban J connectivity index is 2.15. The average Bonchev–Trinajstić information content (AvgIpc) is 2.29. The van der Waals surface area contributed by atoms with Crippen LogP contribution >= 0.6 is 0 Å². The van der Waals surface area contributed by atoms with Gasteiger partial charge in [0.1, 0.15) is 5.75 Å². The van der Waals surface area contributed by atoms with Gasteiger partial charge in [-0.3, -0.25) is 0 Å². The summed E-state index contributed by atoms with van der Waals surface area (Å²) in [6.07, 6.45) is 5.26. The molecule has 2 atom stereocenters. The number of aromatic hydroxyl groups is 1. The molecular weight excluding hydrogens is 210 g/mol. The molecule has 0 saturated heterocycles. The summed E-state index contributed by atoms with van der Waals surface area (Å²) in [5.41, 5.74) is 1.32. The van der Waals surface area contributed by atoms with Crippen LogP contribution in [0.5, 0.6) is 5.75 Å². The van der Waals surface area contributed by atoms with Crippen molar-refractivity contribution >= 4 is 0 Å². The van der Waals surface area contributed by atoms with E-state index in [0.29, 0.717) is 11.7 Å². The number of hydrogen-bond donors (Lipinski definition) is 1. The van der Waals surface area contributed by atoms with Crippen molar-refractivity contribution in [2.24, 2.45) is 5.92 Å². The zero-order valence-corrected chi connectivity index (χ0v) is 10.9. The zero-order valence-electron chi connectivity index (χ0n) is 10.9. The Kier molecular flexibility index (Phi) is 4.06. The van der Waals surface area contributed by atoms with E-state index in [1.54, 1.807) is 6.07 Å². The van der Waals surface area contributed by atoms with Gasteiger partial charge in [-0.25, -0.2) is 0 Å². The molecule has 2 rings (SSSR count). The van der Waals surface area contributed by atoms with E-state index >= 15 is 0 Å². The lowest BCUT2D eigenvalue weighted by Gasteiger charge is -2.33. The maximum atomic E-state index is 9.60. The van der Waals surface area contributed by atoms with Gasteiger partial charge in [-0.05, 0) is 56.5 Å². The number of hydrogen-bond acceptors (Lipinski definition) is 2. The smallest absolute Gasteiger partial charge is 0.115 e. The van der Waals surface area contributed by atoms with E-state index < -0.39 is 0 Å². The molecular formula is C15H23NO. The summed E-state index contributed by atoms with van der Waals surface area (Å²) >= 11 is 0. The highest BCUT2D eigenvalue weighted by Crippen LogP contribution is 2.38. The first-order chi connectivity index (χ1) is 8.16. The third-order valence-corrected chi connectivity index (χ3v) is 3.81. The van der Waals surface area contributed by atoms with Gasteiger partial charge in [-0.15, -0.1) is 0 Å². The van der Waals surface area contributed by atoms with E-state index in [0.717, 1.165) is 12.5 Å². The van der Waals surface area contributed by atoms with Crippen LogP contribution in [0, 0.1) is 5.92 Å². The molecule has 17 heavy (non-hydrogen) atoms. The van der Waals surface area contributed by atoms with Crippen LogP contribution in [0.4, 0.5) is 0 Å². The van der Waals surface area contributed by atoms with Crippen molar-refractivity contribution < 1.29 is 5.11 Å². The molecule has 0 bridgehead atoms.